The van der Waals surface area contributed by atoms with Crippen LogP contribution in [0.1, 0.15) is 24.0 Å². The van der Waals surface area contributed by atoms with E-state index in [1.165, 1.54) is 4.90 Å². The van der Waals surface area contributed by atoms with Gasteiger partial charge in [0, 0.05) is 25.0 Å². The summed E-state index contributed by atoms with van der Waals surface area (Å²) in [5.41, 5.74) is 23.9. The predicted octanol–water partition coefficient (Wildman–Crippen LogP) is 1.95. The molecule has 1 atom stereocenters. The average molecular weight is 505 g/mol. The summed E-state index contributed by atoms with van der Waals surface area (Å²) >= 11 is 0. The largest absolute Gasteiger partial charge is 0.370 e. The molecule has 3 aromatic rings. The Morgan fingerprint density at radius 2 is 1.54 bits per heavy atom. The van der Waals surface area contributed by atoms with E-state index in [1.54, 1.807) is 6.07 Å². The quantitative estimate of drug-likeness (QED) is 0.132. The summed E-state index contributed by atoms with van der Waals surface area (Å²) in [6.45, 7) is 0.693. The highest BCUT2D eigenvalue weighted by Crippen LogP contribution is 2.24. The molecule has 10 N–H and O–H groups in total. The Kier molecular flexibility index (Phi) is 9.25. The number of urea groups is 2. The third kappa shape index (κ3) is 7.85. The second-order valence-electron chi connectivity index (χ2n) is 8.49. The molecule has 0 saturated carbocycles. The van der Waals surface area contributed by atoms with Crippen molar-refractivity contribution in [2.75, 3.05) is 11.9 Å². The number of fused-ring (bicyclic) bond motifs is 1. The minimum absolute atomic E-state index is 0.0490. The molecule has 5 amide bonds. The zero-order valence-corrected chi connectivity index (χ0v) is 20.4. The van der Waals surface area contributed by atoms with Crippen molar-refractivity contribution in [2.45, 2.75) is 32.0 Å². The number of amides is 5. The molecule has 0 unspecified atom stereocenters. The van der Waals surface area contributed by atoms with Gasteiger partial charge in [-0.2, -0.15) is 0 Å². The molecule has 0 aliphatic carbocycles. The number of hydrogen-bond acceptors (Lipinski definition) is 4. The Morgan fingerprint density at radius 1 is 0.865 bits per heavy atom. The van der Waals surface area contributed by atoms with E-state index in [0.29, 0.717) is 18.7 Å². The zero-order chi connectivity index (χ0) is 26.8. The van der Waals surface area contributed by atoms with Crippen LogP contribution in [0.25, 0.3) is 10.8 Å². The van der Waals surface area contributed by atoms with Crippen molar-refractivity contribution in [3.63, 3.8) is 0 Å². The van der Waals surface area contributed by atoms with Gasteiger partial charge in [-0.25, -0.2) is 9.59 Å². The van der Waals surface area contributed by atoms with Crippen LogP contribution in [0, 0.1) is 0 Å². The van der Waals surface area contributed by atoms with Gasteiger partial charge < -0.3 is 38.5 Å². The topological polar surface area (TPSA) is 195 Å². The van der Waals surface area contributed by atoms with Gasteiger partial charge in [-0.05, 0) is 35.4 Å². The van der Waals surface area contributed by atoms with Crippen molar-refractivity contribution in [3.8, 4) is 0 Å². The first kappa shape index (κ1) is 26.8. The first-order chi connectivity index (χ1) is 17.7. The van der Waals surface area contributed by atoms with Gasteiger partial charge in [0.25, 0.3) is 0 Å². The van der Waals surface area contributed by atoms with E-state index >= 15 is 0 Å². The van der Waals surface area contributed by atoms with Gasteiger partial charge in [0.2, 0.25) is 5.91 Å². The summed E-state index contributed by atoms with van der Waals surface area (Å²) < 4.78 is 0. The first-order valence-electron chi connectivity index (χ1n) is 11.8. The van der Waals surface area contributed by atoms with Crippen LogP contribution in [0.4, 0.5) is 15.3 Å². The van der Waals surface area contributed by atoms with Crippen molar-refractivity contribution < 1.29 is 14.4 Å². The van der Waals surface area contributed by atoms with E-state index in [2.05, 4.69) is 15.6 Å². The standard InChI is InChI=1S/C26H32N8O3/c27-23(35)22(9-4-14-31-24(28)29)34(16-18-12-10-17(11-13-18)15-32-25(30)36)26(37)33-21-8-3-6-19-5-1-2-7-20(19)21/h1-3,5-8,10-13,22H,4,9,14-16H2,(H2,27,35)(H,33,37)(H4,28,29,31)(H3,30,32,36)/t22-/m1/s1. The number of carbonyl (C=O) groups is 3. The summed E-state index contributed by atoms with van der Waals surface area (Å²) in [5.74, 6) is -0.688. The van der Waals surface area contributed by atoms with E-state index in [4.69, 9.17) is 22.9 Å². The average Bonchev–Trinajstić information content (AvgIpc) is 2.87. The lowest BCUT2D eigenvalue weighted by atomic mass is 10.1. The Bertz CT molecular complexity index is 1270. The van der Waals surface area contributed by atoms with Crippen LogP contribution in [-0.4, -0.2) is 41.4 Å². The number of benzene rings is 3. The lowest BCUT2D eigenvalue weighted by molar-refractivity contribution is -0.122. The monoisotopic (exact) mass is 504 g/mol. The van der Waals surface area contributed by atoms with Crippen molar-refractivity contribution in [1.82, 2.24) is 10.2 Å². The third-order valence-corrected chi connectivity index (χ3v) is 5.77. The number of aliphatic imine (C=N–C) groups is 1. The smallest absolute Gasteiger partial charge is 0.322 e. The lowest BCUT2D eigenvalue weighted by Crippen LogP contribution is -2.49. The van der Waals surface area contributed by atoms with E-state index in [-0.39, 0.29) is 25.5 Å². The molecule has 0 spiro atoms. The molecule has 0 saturated heterocycles. The molecule has 37 heavy (non-hydrogen) atoms. The molecule has 0 aliphatic heterocycles. The number of guanidine groups is 1. The van der Waals surface area contributed by atoms with Crippen LogP contribution in [0.2, 0.25) is 0 Å². The van der Waals surface area contributed by atoms with Gasteiger partial charge in [0.1, 0.15) is 6.04 Å². The van der Waals surface area contributed by atoms with E-state index in [9.17, 15) is 14.4 Å². The summed E-state index contributed by atoms with van der Waals surface area (Å²) in [6.07, 6.45) is 0.719. The predicted molar refractivity (Wildman–Crippen MR) is 144 cm³/mol. The molecule has 3 rings (SSSR count). The fraction of sp³-hybridized carbons (Fsp3) is 0.231. The Morgan fingerprint density at radius 3 is 2.22 bits per heavy atom. The maximum absolute atomic E-state index is 13.6. The van der Waals surface area contributed by atoms with E-state index in [1.807, 2.05) is 60.7 Å². The van der Waals surface area contributed by atoms with Crippen LogP contribution in [0.3, 0.4) is 0 Å². The lowest BCUT2D eigenvalue weighted by Gasteiger charge is -2.30. The SMILES string of the molecule is NC(=O)NCc1ccc(CN(C(=O)Nc2cccc3ccccc23)[C@H](CCCN=C(N)N)C(N)=O)cc1. The van der Waals surface area contributed by atoms with E-state index in [0.717, 1.165) is 21.9 Å². The van der Waals surface area contributed by atoms with Gasteiger partial charge in [0.15, 0.2) is 5.96 Å². The number of hydrogen-bond donors (Lipinski definition) is 6. The number of rotatable bonds is 11. The summed E-state index contributed by atoms with van der Waals surface area (Å²) in [5, 5.41) is 7.31. The number of nitrogens with one attached hydrogen (secondary N) is 2. The molecule has 194 valence electrons. The van der Waals surface area contributed by atoms with Gasteiger partial charge in [-0.15, -0.1) is 0 Å². The Hall–Kier alpha value is -4.80. The van der Waals surface area contributed by atoms with Crippen LogP contribution >= 0.6 is 0 Å². The molecule has 0 fully saturated rings. The van der Waals surface area contributed by atoms with Crippen LogP contribution in [0.5, 0.6) is 0 Å². The van der Waals surface area contributed by atoms with Crippen LogP contribution in [0.15, 0.2) is 71.7 Å². The first-order valence-corrected chi connectivity index (χ1v) is 11.8. The molecule has 11 heteroatoms. The molecule has 3 aromatic carbocycles. The summed E-state index contributed by atoms with van der Waals surface area (Å²) in [7, 11) is 0. The summed E-state index contributed by atoms with van der Waals surface area (Å²) in [6, 6.07) is 18.5. The maximum atomic E-state index is 13.6. The highest BCUT2D eigenvalue weighted by atomic mass is 16.2. The van der Waals surface area contributed by atoms with Crippen molar-refractivity contribution in [3.05, 3.63) is 77.9 Å². The molecule has 0 aromatic heterocycles. The minimum Gasteiger partial charge on any atom is -0.370 e. The molecule has 0 aliphatic rings. The molecule has 0 radical (unpaired) electrons. The second-order valence-corrected chi connectivity index (χ2v) is 8.49. The zero-order valence-electron chi connectivity index (χ0n) is 20.4. The number of primary amides is 2. The highest BCUT2D eigenvalue weighted by molar-refractivity contribution is 6.02. The fourth-order valence-corrected chi connectivity index (χ4v) is 3.94. The van der Waals surface area contributed by atoms with Crippen LogP contribution in [-0.2, 0) is 17.9 Å². The number of nitrogens with zero attached hydrogens (tertiary/aromatic N) is 2. The normalized spacial score (nSPS) is 11.4. The maximum Gasteiger partial charge on any atom is 0.322 e. The van der Waals surface area contributed by atoms with E-state index < -0.39 is 24.0 Å². The molecule has 0 heterocycles. The van der Waals surface area contributed by atoms with Crippen molar-refractivity contribution in [2.24, 2.45) is 27.9 Å². The molecule has 11 nitrogen and oxygen atoms in total. The van der Waals surface area contributed by atoms with Crippen molar-refractivity contribution >= 4 is 40.4 Å². The van der Waals surface area contributed by atoms with Crippen molar-refractivity contribution in [1.29, 1.82) is 0 Å². The number of carbonyl (C=O) groups excluding carboxylic acids is 3. The molecule has 0 bridgehead atoms. The Balaban J connectivity index is 1.86. The highest BCUT2D eigenvalue weighted by Gasteiger charge is 2.28. The fourth-order valence-electron chi connectivity index (χ4n) is 3.94. The molecular formula is C26H32N8O3. The minimum atomic E-state index is -0.902. The van der Waals surface area contributed by atoms with Gasteiger partial charge in [-0.3, -0.25) is 9.79 Å². The summed E-state index contributed by atoms with van der Waals surface area (Å²) in [4.78, 5) is 42.4. The molecular weight excluding hydrogens is 472 g/mol. The Labute approximate surface area is 214 Å². The number of nitrogens with two attached hydrogens (primary N) is 4. The van der Waals surface area contributed by atoms with Crippen LogP contribution < -0.4 is 33.6 Å². The van der Waals surface area contributed by atoms with Gasteiger partial charge >= 0.3 is 12.1 Å². The number of anilines is 1. The van der Waals surface area contributed by atoms with Gasteiger partial charge in [-0.1, -0.05) is 60.7 Å². The van der Waals surface area contributed by atoms with Gasteiger partial charge in [0.05, 0.1) is 5.69 Å². The third-order valence-electron chi connectivity index (χ3n) is 5.77. The second kappa shape index (κ2) is 12.8.